The van der Waals surface area contributed by atoms with Crippen LogP contribution in [0.3, 0.4) is 0 Å². The number of hydrogen-bond acceptors (Lipinski definition) is 0. The van der Waals surface area contributed by atoms with Crippen LogP contribution in [0.1, 0.15) is 89.2 Å². The molecule has 2 fully saturated rings. The maximum absolute atomic E-state index is 14.1. The van der Waals surface area contributed by atoms with Crippen molar-refractivity contribution in [2.24, 2.45) is 17.8 Å². The molecule has 1 aromatic rings. The molecule has 0 saturated heterocycles. The topological polar surface area (TPSA) is 0 Å². The van der Waals surface area contributed by atoms with E-state index in [2.05, 4.69) is 6.92 Å². The fourth-order valence-corrected chi connectivity index (χ4v) is 4.63. The summed E-state index contributed by atoms with van der Waals surface area (Å²) < 4.78 is 27.9. The molecule has 0 aromatic heterocycles. The Morgan fingerprint density at radius 3 is 1.79 bits per heavy atom. The second kappa shape index (κ2) is 8.97. The lowest BCUT2D eigenvalue weighted by Crippen LogP contribution is -2.25. The summed E-state index contributed by atoms with van der Waals surface area (Å²) in [6.45, 7) is 7.99. The molecular weight excluding hydrogens is 302 g/mol. The van der Waals surface area contributed by atoms with Crippen molar-refractivity contribution in [3.05, 3.63) is 34.9 Å². The zero-order valence-corrected chi connectivity index (χ0v) is 15.9. The van der Waals surface area contributed by atoms with E-state index in [4.69, 9.17) is 0 Å². The summed E-state index contributed by atoms with van der Waals surface area (Å²) in [4.78, 5) is 0. The van der Waals surface area contributed by atoms with Crippen LogP contribution in [0.2, 0.25) is 0 Å². The van der Waals surface area contributed by atoms with Gasteiger partial charge in [0.15, 0.2) is 0 Å². The SMILES string of the molecule is CC.Cc1cc(F)c(C2CCC(C3CCC(C)CC3)CC2)cc1F. The molecule has 0 nitrogen and oxygen atoms in total. The number of benzene rings is 1. The molecule has 0 radical (unpaired) electrons. The lowest BCUT2D eigenvalue weighted by atomic mass is 9.68. The largest absolute Gasteiger partial charge is 0.207 e. The maximum atomic E-state index is 14.1. The molecule has 24 heavy (non-hydrogen) atoms. The third-order valence-electron chi connectivity index (χ3n) is 6.22. The highest BCUT2D eigenvalue weighted by atomic mass is 19.1. The minimum atomic E-state index is -0.264. The first-order chi connectivity index (χ1) is 11.5. The van der Waals surface area contributed by atoms with E-state index in [9.17, 15) is 8.78 Å². The number of rotatable bonds is 2. The van der Waals surface area contributed by atoms with E-state index < -0.39 is 0 Å². The Labute approximate surface area is 147 Å². The van der Waals surface area contributed by atoms with E-state index in [0.717, 1.165) is 30.6 Å². The standard InChI is InChI=1S/C20H28F2.C2H6/c1-13-3-5-15(6-4-13)16-7-9-17(10-8-16)18-12-19(21)14(2)11-20(18)22;1-2/h11-13,15-17H,3-10H2,1-2H3;1-2H3. The van der Waals surface area contributed by atoms with Gasteiger partial charge < -0.3 is 0 Å². The van der Waals surface area contributed by atoms with Crippen LogP contribution >= 0.6 is 0 Å². The maximum Gasteiger partial charge on any atom is 0.127 e. The van der Waals surface area contributed by atoms with Gasteiger partial charge in [-0.3, -0.25) is 0 Å². The lowest BCUT2D eigenvalue weighted by molar-refractivity contribution is 0.164. The molecule has 0 amide bonds. The summed E-state index contributed by atoms with van der Waals surface area (Å²) in [5, 5.41) is 0. The molecule has 2 saturated carbocycles. The van der Waals surface area contributed by atoms with Crippen LogP contribution in [0, 0.1) is 36.3 Å². The van der Waals surface area contributed by atoms with Gasteiger partial charge in [0.05, 0.1) is 0 Å². The van der Waals surface area contributed by atoms with Gasteiger partial charge in [-0.1, -0.05) is 33.6 Å². The minimum Gasteiger partial charge on any atom is -0.207 e. The van der Waals surface area contributed by atoms with Crippen molar-refractivity contribution in [2.45, 2.75) is 85.0 Å². The van der Waals surface area contributed by atoms with Gasteiger partial charge in [-0.15, -0.1) is 0 Å². The Balaban J connectivity index is 0.00000100. The molecule has 0 bridgehead atoms. The summed E-state index contributed by atoms with van der Waals surface area (Å²) in [5.74, 6) is 2.35. The van der Waals surface area contributed by atoms with E-state index in [1.54, 1.807) is 6.92 Å². The van der Waals surface area contributed by atoms with Crippen molar-refractivity contribution in [3.63, 3.8) is 0 Å². The summed E-state index contributed by atoms with van der Waals surface area (Å²) >= 11 is 0. The Kier molecular flexibility index (Phi) is 7.25. The van der Waals surface area contributed by atoms with E-state index in [0.29, 0.717) is 11.1 Å². The van der Waals surface area contributed by atoms with Gasteiger partial charge in [0.25, 0.3) is 0 Å². The fraction of sp³-hybridized carbons (Fsp3) is 0.727. The minimum absolute atomic E-state index is 0.214. The predicted octanol–water partition coefficient (Wildman–Crippen LogP) is 7.40. The molecule has 2 heteroatoms. The first kappa shape index (κ1) is 19.4. The van der Waals surface area contributed by atoms with Crippen LogP contribution in [0.25, 0.3) is 0 Å². The average Bonchev–Trinajstić information content (AvgIpc) is 2.61. The number of hydrogen-bond donors (Lipinski definition) is 0. The molecule has 136 valence electrons. The van der Waals surface area contributed by atoms with E-state index in [-0.39, 0.29) is 17.6 Å². The van der Waals surface area contributed by atoms with Crippen molar-refractivity contribution < 1.29 is 8.78 Å². The Bertz CT molecular complexity index is 507. The van der Waals surface area contributed by atoms with E-state index in [1.807, 2.05) is 13.8 Å². The third kappa shape index (κ3) is 4.58. The van der Waals surface area contributed by atoms with Crippen LogP contribution in [0.4, 0.5) is 8.78 Å². The summed E-state index contributed by atoms with van der Waals surface area (Å²) in [5.41, 5.74) is 1.02. The van der Waals surface area contributed by atoms with Gasteiger partial charge in [0, 0.05) is 0 Å². The van der Waals surface area contributed by atoms with Crippen molar-refractivity contribution in [1.29, 1.82) is 0 Å². The molecule has 0 aliphatic heterocycles. The highest BCUT2D eigenvalue weighted by Gasteiger charge is 2.31. The Morgan fingerprint density at radius 1 is 0.750 bits per heavy atom. The van der Waals surface area contributed by atoms with E-state index in [1.165, 1.54) is 50.7 Å². The van der Waals surface area contributed by atoms with Crippen LogP contribution in [-0.4, -0.2) is 0 Å². The second-order valence-corrected chi connectivity index (χ2v) is 7.75. The monoisotopic (exact) mass is 336 g/mol. The van der Waals surface area contributed by atoms with Crippen molar-refractivity contribution in [3.8, 4) is 0 Å². The normalized spacial score (nSPS) is 30.4. The van der Waals surface area contributed by atoms with Crippen LogP contribution in [0.5, 0.6) is 0 Å². The van der Waals surface area contributed by atoms with Crippen LogP contribution in [0.15, 0.2) is 12.1 Å². The number of aryl methyl sites for hydroxylation is 1. The van der Waals surface area contributed by atoms with E-state index >= 15 is 0 Å². The summed E-state index contributed by atoms with van der Waals surface area (Å²) in [6, 6.07) is 2.80. The fourth-order valence-electron chi connectivity index (χ4n) is 4.63. The summed E-state index contributed by atoms with van der Waals surface area (Å²) in [6.07, 6.45) is 9.95. The zero-order valence-electron chi connectivity index (χ0n) is 15.9. The average molecular weight is 337 g/mol. The second-order valence-electron chi connectivity index (χ2n) is 7.75. The molecule has 0 unspecified atom stereocenters. The first-order valence-corrected chi connectivity index (χ1v) is 10.00. The van der Waals surface area contributed by atoms with Crippen molar-refractivity contribution >= 4 is 0 Å². The Morgan fingerprint density at radius 2 is 1.25 bits per heavy atom. The third-order valence-corrected chi connectivity index (χ3v) is 6.22. The zero-order chi connectivity index (χ0) is 17.7. The van der Waals surface area contributed by atoms with Crippen molar-refractivity contribution in [1.82, 2.24) is 0 Å². The van der Waals surface area contributed by atoms with Crippen LogP contribution < -0.4 is 0 Å². The molecular formula is C22H34F2. The quantitative estimate of drug-likeness (QED) is 0.528. The van der Waals surface area contributed by atoms with Gasteiger partial charge in [-0.25, -0.2) is 8.78 Å². The molecule has 0 spiro atoms. The highest BCUT2D eigenvalue weighted by Crippen LogP contribution is 2.44. The molecule has 2 aliphatic carbocycles. The van der Waals surface area contributed by atoms with Gasteiger partial charge in [-0.05, 0) is 92.4 Å². The summed E-state index contributed by atoms with van der Waals surface area (Å²) in [7, 11) is 0. The molecule has 1 aromatic carbocycles. The Hall–Kier alpha value is -0.920. The highest BCUT2D eigenvalue weighted by molar-refractivity contribution is 5.28. The molecule has 2 aliphatic rings. The van der Waals surface area contributed by atoms with Gasteiger partial charge >= 0.3 is 0 Å². The molecule has 3 rings (SSSR count). The van der Waals surface area contributed by atoms with Gasteiger partial charge in [0.1, 0.15) is 11.6 Å². The molecule has 0 atom stereocenters. The number of halogens is 2. The van der Waals surface area contributed by atoms with Gasteiger partial charge in [-0.2, -0.15) is 0 Å². The molecule has 0 N–H and O–H groups in total. The lowest BCUT2D eigenvalue weighted by Gasteiger charge is -2.37. The first-order valence-electron chi connectivity index (χ1n) is 10.00. The smallest absolute Gasteiger partial charge is 0.127 e. The van der Waals surface area contributed by atoms with Crippen molar-refractivity contribution in [2.75, 3.05) is 0 Å². The molecule has 0 heterocycles. The van der Waals surface area contributed by atoms with Crippen LogP contribution in [-0.2, 0) is 0 Å². The predicted molar refractivity (Wildman–Crippen MR) is 98.3 cm³/mol. The van der Waals surface area contributed by atoms with Gasteiger partial charge in [0.2, 0.25) is 0 Å².